The maximum Gasteiger partial charge on any atom is 0.275 e. The van der Waals surface area contributed by atoms with E-state index in [0.29, 0.717) is 42.4 Å². The molecular weight excluding hydrogens is 472 g/mol. The second-order valence-corrected chi connectivity index (χ2v) is 10.9. The summed E-state index contributed by atoms with van der Waals surface area (Å²) in [4.78, 5) is 19.7. The Balaban J connectivity index is 1.30. The van der Waals surface area contributed by atoms with Gasteiger partial charge < -0.3 is 10.2 Å². The van der Waals surface area contributed by atoms with E-state index in [1.807, 2.05) is 48.5 Å². The minimum atomic E-state index is -3.22. The molecule has 34 heavy (non-hydrogen) atoms. The number of nitrogens with zero attached hydrogens (tertiary/aromatic N) is 4. The van der Waals surface area contributed by atoms with Crippen molar-refractivity contribution in [3.05, 3.63) is 65.8 Å². The number of hydrogen-bond donors (Lipinski definition) is 2. The van der Waals surface area contributed by atoms with Crippen molar-refractivity contribution in [2.45, 2.75) is 18.9 Å². The van der Waals surface area contributed by atoms with Gasteiger partial charge in [-0.1, -0.05) is 30.3 Å². The van der Waals surface area contributed by atoms with E-state index in [2.05, 4.69) is 25.0 Å². The molecule has 0 radical (unpaired) electrons. The van der Waals surface area contributed by atoms with Crippen LogP contribution in [0.15, 0.2) is 60.1 Å². The zero-order valence-corrected chi connectivity index (χ0v) is 20.1. The van der Waals surface area contributed by atoms with Crippen molar-refractivity contribution in [2.24, 2.45) is 0 Å². The number of rotatable bonds is 6. The number of anilines is 2. The summed E-state index contributed by atoms with van der Waals surface area (Å²) in [5.41, 5.74) is 2.86. The van der Waals surface area contributed by atoms with Crippen LogP contribution in [0, 0.1) is 0 Å². The van der Waals surface area contributed by atoms with Crippen molar-refractivity contribution < 1.29 is 13.2 Å². The van der Waals surface area contributed by atoms with E-state index in [4.69, 9.17) is 0 Å². The van der Waals surface area contributed by atoms with Gasteiger partial charge in [0.15, 0.2) is 0 Å². The minimum Gasteiger partial charge on any atom is -0.370 e. The van der Waals surface area contributed by atoms with Gasteiger partial charge in [-0.05, 0) is 31.0 Å². The quantitative estimate of drug-likeness (QED) is 0.424. The highest BCUT2D eigenvalue weighted by Crippen LogP contribution is 2.29. The van der Waals surface area contributed by atoms with Gasteiger partial charge in [0, 0.05) is 29.9 Å². The van der Waals surface area contributed by atoms with Crippen LogP contribution in [0.4, 0.5) is 11.4 Å². The largest absolute Gasteiger partial charge is 0.370 e. The summed E-state index contributed by atoms with van der Waals surface area (Å²) in [5.74, 6) is -0.292. The summed E-state index contributed by atoms with van der Waals surface area (Å²) in [5, 5.41) is 10.8. The van der Waals surface area contributed by atoms with Crippen molar-refractivity contribution in [1.29, 1.82) is 0 Å². The lowest BCUT2D eigenvalue weighted by Gasteiger charge is -2.34. The Bertz CT molecular complexity index is 1440. The lowest BCUT2D eigenvalue weighted by molar-refractivity contribution is 0.102. The molecular formula is C23H24N6O3S2. The van der Waals surface area contributed by atoms with E-state index in [-0.39, 0.29) is 11.9 Å². The standard InChI is InChI=1S/C23H24N6O3S2/c1-34(31,32)27-17-10-12-28(13-11-17)21-9-5-3-7-18(21)25-22(30)19-15-33-23(26-19)29-20-8-4-2-6-16(20)14-24-29/h2-9,14-15,17,27H,10-13H2,1H3,(H,25,30). The van der Waals surface area contributed by atoms with Crippen LogP contribution in [-0.4, -0.2) is 54.5 Å². The third-order valence-electron chi connectivity index (χ3n) is 5.75. The zero-order chi connectivity index (χ0) is 23.7. The fraction of sp³-hybridized carbons (Fsp3) is 0.261. The summed E-state index contributed by atoms with van der Waals surface area (Å²) in [6.45, 7) is 1.38. The van der Waals surface area contributed by atoms with Crippen molar-refractivity contribution >= 4 is 49.5 Å². The normalized spacial score (nSPS) is 15.0. The number of piperidine rings is 1. The van der Waals surface area contributed by atoms with Crippen molar-refractivity contribution in [2.75, 3.05) is 29.6 Å². The Morgan fingerprint density at radius 1 is 1.09 bits per heavy atom. The van der Waals surface area contributed by atoms with E-state index in [9.17, 15) is 13.2 Å². The van der Waals surface area contributed by atoms with E-state index in [1.165, 1.54) is 17.6 Å². The molecule has 9 nitrogen and oxygen atoms in total. The smallest absolute Gasteiger partial charge is 0.275 e. The number of carbonyl (C=O) groups excluding carboxylic acids is 1. The first-order chi connectivity index (χ1) is 16.4. The highest BCUT2D eigenvalue weighted by molar-refractivity contribution is 7.88. The van der Waals surface area contributed by atoms with Crippen molar-refractivity contribution in [1.82, 2.24) is 19.5 Å². The second kappa shape index (κ2) is 9.16. The number of nitrogens with one attached hydrogen (secondary N) is 2. The van der Waals surface area contributed by atoms with Gasteiger partial charge in [0.25, 0.3) is 5.91 Å². The Kier molecular flexibility index (Phi) is 6.07. The van der Waals surface area contributed by atoms with E-state index < -0.39 is 10.0 Å². The minimum absolute atomic E-state index is 0.0696. The molecule has 0 unspecified atom stereocenters. The molecule has 3 heterocycles. The highest BCUT2D eigenvalue weighted by atomic mass is 32.2. The highest BCUT2D eigenvalue weighted by Gasteiger charge is 2.24. The van der Waals surface area contributed by atoms with Gasteiger partial charge in [0.2, 0.25) is 15.2 Å². The molecule has 11 heteroatoms. The van der Waals surface area contributed by atoms with Crippen molar-refractivity contribution in [3.8, 4) is 5.13 Å². The Labute approximate surface area is 201 Å². The Hall–Kier alpha value is -3.28. The van der Waals surface area contributed by atoms with Crippen LogP contribution in [-0.2, 0) is 10.0 Å². The first-order valence-corrected chi connectivity index (χ1v) is 13.7. The topological polar surface area (TPSA) is 109 Å². The number of benzene rings is 2. The summed E-state index contributed by atoms with van der Waals surface area (Å²) in [6.07, 6.45) is 4.36. The molecule has 176 valence electrons. The molecule has 1 amide bonds. The van der Waals surface area contributed by atoms with Crippen LogP contribution in [0.2, 0.25) is 0 Å². The van der Waals surface area contributed by atoms with Crippen LogP contribution >= 0.6 is 11.3 Å². The molecule has 2 aromatic carbocycles. The molecule has 0 bridgehead atoms. The summed E-state index contributed by atoms with van der Waals surface area (Å²) < 4.78 is 27.5. The van der Waals surface area contributed by atoms with Gasteiger partial charge >= 0.3 is 0 Å². The number of thiazole rings is 1. The second-order valence-electron chi connectivity index (χ2n) is 8.25. The van der Waals surface area contributed by atoms with Gasteiger partial charge in [-0.3, -0.25) is 4.79 Å². The number of carbonyl (C=O) groups is 1. The number of hydrogen-bond acceptors (Lipinski definition) is 7. The van der Waals surface area contributed by atoms with Gasteiger partial charge in [-0.2, -0.15) is 5.10 Å². The molecule has 0 saturated carbocycles. The fourth-order valence-electron chi connectivity index (χ4n) is 4.17. The van der Waals surface area contributed by atoms with Gasteiger partial charge in [0.1, 0.15) is 5.69 Å². The van der Waals surface area contributed by atoms with Gasteiger partial charge in [0.05, 0.1) is 29.3 Å². The molecule has 4 aromatic rings. The van der Waals surface area contributed by atoms with Crippen molar-refractivity contribution in [3.63, 3.8) is 0 Å². The van der Waals surface area contributed by atoms with Crippen LogP contribution in [0.3, 0.4) is 0 Å². The molecule has 2 aromatic heterocycles. The number of fused-ring (bicyclic) bond motifs is 1. The molecule has 0 atom stereocenters. The number of para-hydroxylation sites is 3. The predicted molar refractivity (Wildman–Crippen MR) is 134 cm³/mol. The molecule has 0 aliphatic carbocycles. The van der Waals surface area contributed by atoms with Gasteiger partial charge in [-0.25, -0.2) is 22.8 Å². The lowest BCUT2D eigenvalue weighted by atomic mass is 10.0. The average molecular weight is 497 g/mol. The Morgan fingerprint density at radius 3 is 2.62 bits per heavy atom. The van der Waals surface area contributed by atoms with Gasteiger partial charge in [-0.15, -0.1) is 11.3 Å². The SMILES string of the molecule is CS(=O)(=O)NC1CCN(c2ccccc2NC(=O)c2csc(-n3ncc4ccccc43)n2)CC1. The summed E-state index contributed by atoms with van der Waals surface area (Å²) in [6, 6.07) is 15.4. The number of sulfonamides is 1. The van der Waals surface area contributed by atoms with E-state index in [0.717, 1.165) is 16.6 Å². The number of amides is 1. The van der Waals surface area contributed by atoms with E-state index in [1.54, 1.807) is 16.3 Å². The molecule has 1 fully saturated rings. The summed E-state index contributed by atoms with van der Waals surface area (Å²) >= 11 is 1.36. The van der Waals surface area contributed by atoms with Crippen LogP contribution < -0.4 is 14.9 Å². The molecule has 1 saturated heterocycles. The molecule has 5 rings (SSSR count). The predicted octanol–water partition coefficient (Wildman–Crippen LogP) is 3.25. The van der Waals surface area contributed by atoms with E-state index >= 15 is 0 Å². The maximum absolute atomic E-state index is 13.0. The molecule has 1 aliphatic heterocycles. The molecule has 0 spiro atoms. The Morgan fingerprint density at radius 2 is 1.82 bits per heavy atom. The number of aromatic nitrogens is 3. The van der Waals surface area contributed by atoms with Crippen LogP contribution in [0.5, 0.6) is 0 Å². The zero-order valence-electron chi connectivity index (χ0n) is 18.5. The maximum atomic E-state index is 13.0. The molecule has 2 N–H and O–H groups in total. The first-order valence-electron chi connectivity index (χ1n) is 10.9. The lowest BCUT2D eigenvalue weighted by Crippen LogP contribution is -2.44. The third kappa shape index (κ3) is 4.81. The summed E-state index contributed by atoms with van der Waals surface area (Å²) in [7, 11) is -3.22. The third-order valence-corrected chi connectivity index (χ3v) is 7.33. The van der Waals surface area contributed by atoms with Crippen LogP contribution in [0.1, 0.15) is 23.3 Å². The fourth-order valence-corrected chi connectivity index (χ4v) is 5.79. The molecule has 1 aliphatic rings. The first kappa shape index (κ1) is 22.5. The van der Waals surface area contributed by atoms with Crippen LogP contribution in [0.25, 0.3) is 16.0 Å². The monoisotopic (exact) mass is 496 g/mol. The average Bonchev–Trinajstić information content (AvgIpc) is 3.46.